The van der Waals surface area contributed by atoms with Gasteiger partial charge in [-0.1, -0.05) is 29.3 Å². The van der Waals surface area contributed by atoms with Crippen LogP contribution in [0.4, 0.5) is 5.13 Å². The van der Waals surface area contributed by atoms with E-state index in [0.717, 1.165) is 5.69 Å². The number of thiazole rings is 1. The summed E-state index contributed by atoms with van der Waals surface area (Å²) in [7, 11) is 0. The Morgan fingerprint density at radius 1 is 1.25 bits per heavy atom. The topological polar surface area (TPSA) is 67.2 Å². The lowest BCUT2D eigenvalue weighted by molar-refractivity contribution is 0.102. The Morgan fingerprint density at radius 2 is 2.00 bits per heavy atom. The van der Waals surface area contributed by atoms with Crippen molar-refractivity contribution in [3.05, 3.63) is 63.3 Å². The molecule has 3 rings (SSSR count). The van der Waals surface area contributed by atoms with E-state index in [4.69, 9.17) is 28.3 Å². The Bertz CT molecular complexity index is 856. The van der Waals surface area contributed by atoms with E-state index in [0.29, 0.717) is 33.0 Å². The van der Waals surface area contributed by atoms with Crippen molar-refractivity contribution in [3.63, 3.8) is 0 Å². The number of para-hydroxylation sites is 1. The van der Waals surface area contributed by atoms with Gasteiger partial charge in [-0.3, -0.25) is 10.1 Å². The average Bonchev–Trinajstić information content (AvgIpc) is 3.17. The molecule has 1 aromatic carbocycles. The molecule has 3 aromatic rings. The molecule has 2 heterocycles. The molecular formula is C16H13Cl2N3O2S. The first kappa shape index (κ1) is 17.0. The smallest absolute Gasteiger partial charge is 0.274 e. The van der Waals surface area contributed by atoms with Crippen molar-refractivity contribution in [2.75, 3.05) is 11.9 Å². The maximum Gasteiger partial charge on any atom is 0.274 e. The molecule has 0 fully saturated rings. The summed E-state index contributed by atoms with van der Waals surface area (Å²) in [6.07, 6.45) is 2.18. The van der Waals surface area contributed by atoms with E-state index < -0.39 is 0 Å². The number of aliphatic hydroxyl groups is 1. The number of hydrogen-bond donors (Lipinski definition) is 2. The van der Waals surface area contributed by atoms with Gasteiger partial charge in [0.05, 0.1) is 21.4 Å². The first-order valence-electron chi connectivity index (χ1n) is 7.08. The van der Waals surface area contributed by atoms with Gasteiger partial charge in [-0.05, 0) is 24.3 Å². The number of rotatable bonds is 5. The molecule has 0 saturated heterocycles. The summed E-state index contributed by atoms with van der Waals surface area (Å²) in [5, 5.41) is 14.9. The van der Waals surface area contributed by atoms with Crippen LogP contribution in [0, 0.1) is 0 Å². The Kier molecular flexibility index (Phi) is 5.20. The van der Waals surface area contributed by atoms with Gasteiger partial charge < -0.3 is 9.67 Å². The Labute approximate surface area is 152 Å². The highest BCUT2D eigenvalue weighted by molar-refractivity contribution is 7.14. The van der Waals surface area contributed by atoms with Crippen LogP contribution in [0.1, 0.15) is 16.2 Å². The molecule has 2 aromatic heterocycles. The number of halogens is 2. The van der Waals surface area contributed by atoms with Gasteiger partial charge in [-0.15, -0.1) is 11.3 Å². The molecular weight excluding hydrogens is 369 g/mol. The van der Waals surface area contributed by atoms with Crippen LogP contribution in [0.5, 0.6) is 0 Å². The fraction of sp³-hybridized carbons (Fsp3) is 0.125. The van der Waals surface area contributed by atoms with Crippen LogP contribution in [0.2, 0.25) is 10.0 Å². The van der Waals surface area contributed by atoms with Gasteiger partial charge in [-0.25, -0.2) is 4.98 Å². The summed E-state index contributed by atoms with van der Waals surface area (Å²) in [6, 6.07) is 8.60. The van der Waals surface area contributed by atoms with E-state index in [9.17, 15) is 4.79 Å². The minimum absolute atomic E-state index is 0.0188. The summed E-state index contributed by atoms with van der Waals surface area (Å²) in [5.41, 5.74) is 1.68. The number of nitrogens with zero attached hydrogens (tertiary/aromatic N) is 2. The lowest BCUT2D eigenvalue weighted by Crippen LogP contribution is -2.16. The predicted molar refractivity (Wildman–Crippen MR) is 96.6 cm³/mol. The summed E-state index contributed by atoms with van der Waals surface area (Å²) >= 11 is 13.8. The number of carbonyl (C=O) groups excluding carboxylic acids is 1. The molecule has 0 bridgehead atoms. The fourth-order valence-corrected chi connectivity index (χ4v) is 3.55. The summed E-state index contributed by atoms with van der Waals surface area (Å²) in [6.45, 7) is 0.0188. The Morgan fingerprint density at radius 3 is 2.71 bits per heavy atom. The molecule has 0 aliphatic heterocycles. The highest BCUT2D eigenvalue weighted by Crippen LogP contribution is 2.30. The van der Waals surface area contributed by atoms with Crippen molar-refractivity contribution in [3.8, 4) is 5.69 Å². The van der Waals surface area contributed by atoms with Crippen molar-refractivity contribution < 1.29 is 9.90 Å². The third-order valence-corrected chi connectivity index (χ3v) is 4.72. The van der Waals surface area contributed by atoms with Gasteiger partial charge >= 0.3 is 0 Å². The lowest BCUT2D eigenvalue weighted by Gasteiger charge is -2.12. The first-order chi connectivity index (χ1) is 11.6. The standard InChI is InChI=1S/C16H13Cl2N3O2S/c17-11-3-1-4-12(18)14(11)21-7-2-5-13(21)15(23)20-16-19-10(6-8-22)9-24-16/h1-5,7,9,22H,6,8H2,(H,19,20,23). The van der Waals surface area contributed by atoms with Gasteiger partial charge in [0.15, 0.2) is 5.13 Å². The minimum atomic E-state index is -0.319. The van der Waals surface area contributed by atoms with Crippen LogP contribution in [0.3, 0.4) is 0 Å². The van der Waals surface area contributed by atoms with E-state index >= 15 is 0 Å². The molecule has 0 aliphatic carbocycles. The molecule has 0 radical (unpaired) electrons. The summed E-state index contributed by atoms with van der Waals surface area (Å²) < 4.78 is 1.64. The van der Waals surface area contributed by atoms with E-state index in [2.05, 4.69) is 10.3 Å². The SMILES string of the molecule is O=C(Nc1nc(CCO)cs1)c1cccn1-c1c(Cl)cccc1Cl. The van der Waals surface area contributed by atoms with Crippen LogP contribution in [0.25, 0.3) is 5.69 Å². The normalized spacial score (nSPS) is 10.8. The number of benzene rings is 1. The second kappa shape index (κ2) is 7.36. The lowest BCUT2D eigenvalue weighted by atomic mass is 10.3. The monoisotopic (exact) mass is 381 g/mol. The highest BCUT2D eigenvalue weighted by Gasteiger charge is 2.17. The molecule has 0 aliphatic rings. The molecule has 0 spiro atoms. The molecule has 2 N–H and O–H groups in total. The van der Waals surface area contributed by atoms with E-state index in [1.54, 1.807) is 46.5 Å². The van der Waals surface area contributed by atoms with Gasteiger partial charge in [0.2, 0.25) is 0 Å². The number of nitrogens with one attached hydrogen (secondary N) is 1. The highest BCUT2D eigenvalue weighted by atomic mass is 35.5. The van der Waals surface area contributed by atoms with Crippen LogP contribution in [-0.4, -0.2) is 27.2 Å². The van der Waals surface area contributed by atoms with Crippen LogP contribution in [-0.2, 0) is 6.42 Å². The minimum Gasteiger partial charge on any atom is -0.396 e. The van der Waals surface area contributed by atoms with Gasteiger partial charge in [0.25, 0.3) is 5.91 Å². The molecule has 0 atom stereocenters. The van der Waals surface area contributed by atoms with Crippen molar-refractivity contribution in [1.29, 1.82) is 0 Å². The van der Waals surface area contributed by atoms with Gasteiger partial charge in [0.1, 0.15) is 5.69 Å². The predicted octanol–water partition coefficient (Wildman–Crippen LogP) is 4.03. The third kappa shape index (κ3) is 3.47. The second-order valence-corrected chi connectivity index (χ2v) is 6.58. The van der Waals surface area contributed by atoms with E-state index in [-0.39, 0.29) is 12.5 Å². The molecule has 1 amide bonds. The third-order valence-electron chi connectivity index (χ3n) is 3.30. The zero-order chi connectivity index (χ0) is 17.1. The molecule has 0 unspecified atom stereocenters. The molecule has 124 valence electrons. The number of carbonyl (C=O) groups is 1. The van der Waals surface area contributed by atoms with Crippen LogP contribution < -0.4 is 5.32 Å². The van der Waals surface area contributed by atoms with Gasteiger partial charge in [-0.2, -0.15) is 0 Å². The maximum atomic E-state index is 12.6. The zero-order valence-corrected chi connectivity index (χ0v) is 14.7. The van der Waals surface area contributed by atoms with E-state index in [1.807, 2.05) is 0 Å². The summed E-state index contributed by atoms with van der Waals surface area (Å²) in [4.78, 5) is 16.8. The van der Waals surface area contributed by atoms with Crippen molar-refractivity contribution >= 4 is 45.6 Å². The van der Waals surface area contributed by atoms with Gasteiger partial charge in [0, 0.05) is 24.6 Å². The molecule has 5 nitrogen and oxygen atoms in total. The van der Waals surface area contributed by atoms with E-state index in [1.165, 1.54) is 11.3 Å². The van der Waals surface area contributed by atoms with Crippen LogP contribution >= 0.6 is 34.5 Å². The number of anilines is 1. The summed E-state index contributed by atoms with van der Waals surface area (Å²) in [5.74, 6) is -0.319. The second-order valence-electron chi connectivity index (χ2n) is 4.91. The molecule has 0 saturated carbocycles. The first-order valence-corrected chi connectivity index (χ1v) is 8.72. The maximum absolute atomic E-state index is 12.6. The number of aliphatic hydroxyl groups excluding tert-OH is 1. The molecule has 8 heteroatoms. The fourth-order valence-electron chi connectivity index (χ4n) is 2.23. The average molecular weight is 382 g/mol. The van der Waals surface area contributed by atoms with Crippen molar-refractivity contribution in [1.82, 2.24) is 9.55 Å². The number of aromatic nitrogens is 2. The van der Waals surface area contributed by atoms with Crippen molar-refractivity contribution in [2.24, 2.45) is 0 Å². The number of amides is 1. The zero-order valence-electron chi connectivity index (χ0n) is 12.4. The Balaban J connectivity index is 1.88. The van der Waals surface area contributed by atoms with Crippen LogP contribution in [0.15, 0.2) is 41.9 Å². The quantitative estimate of drug-likeness (QED) is 0.700. The number of hydrogen-bond acceptors (Lipinski definition) is 4. The molecule has 24 heavy (non-hydrogen) atoms. The van der Waals surface area contributed by atoms with Crippen molar-refractivity contribution in [2.45, 2.75) is 6.42 Å². The largest absolute Gasteiger partial charge is 0.396 e. The Hall–Kier alpha value is -1.86.